The highest BCUT2D eigenvalue weighted by atomic mass is 16.5. The van der Waals surface area contributed by atoms with Crippen molar-refractivity contribution in [2.45, 2.75) is 26.4 Å². The lowest BCUT2D eigenvalue weighted by molar-refractivity contribution is -0.0168. The Morgan fingerprint density at radius 2 is 2.06 bits per heavy atom. The molecule has 0 spiro atoms. The number of hydrogen-bond acceptors (Lipinski definition) is 4. The first-order valence-corrected chi connectivity index (χ1v) is 5.19. The number of aromatic nitrogens is 1. The molecule has 4 nitrogen and oxygen atoms in total. The summed E-state index contributed by atoms with van der Waals surface area (Å²) >= 11 is 0. The lowest BCUT2D eigenvalue weighted by Gasteiger charge is -2.19. The Hall–Kier alpha value is -1.42. The summed E-state index contributed by atoms with van der Waals surface area (Å²) < 4.78 is 10.8. The number of carbonyl (C=O) groups excluding carboxylic acids is 1. The van der Waals surface area contributed by atoms with Gasteiger partial charge in [0.2, 0.25) is 5.88 Å². The highest BCUT2D eigenvalue weighted by Gasteiger charge is 2.09. The van der Waals surface area contributed by atoms with E-state index in [0.29, 0.717) is 24.7 Å². The van der Waals surface area contributed by atoms with Crippen molar-refractivity contribution in [3.8, 4) is 5.88 Å². The standard InChI is InChI=1S/C12H17NO3/c1-12(2,3)16-7-6-15-11-5-4-10(9-14)8-13-11/h4-5,8-9H,6-7H2,1-3H3. The van der Waals surface area contributed by atoms with Crippen LogP contribution in [0.4, 0.5) is 0 Å². The van der Waals surface area contributed by atoms with Gasteiger partial charge in [-0.3, -0.25) is 4.79 Å². The topological polar surface area (TPSA) is 48.4 Å². The van der Waals surface area contributed by atoms with Crippen LogP contribution in [0.3, 0.4) is 0 Å². The van der Waals surface area contributed by atoms with Crippen LogP contribution < -0.4 is 4.74 Å². The van der Waals surface area contributed by atoms with Crippen molar-refractivity contribution in [1.82, 2.24) is 4.98 Å². The maximum absolute atomic E-state index is 10.4. The van der Waals surface area contributed by atoms with Crippen molar-refractivity contribution < 1.29 is 14.3 Å². The molecule has 0 unspecified atom stereocenters. The lowest BCUT2D eigenvalue weighted by atomic mass is 10.2. The minimum absolute atomic E-state index is 0.155. The van der Waals surface area contributed by atoms with Crippen LogP contribution in [0.25, 0.3) is 0 Å². The zero-order chi connectivity index (χ0) is 12.0. The molecule has 0 radical (unpaired) electrons. The molecule has 0 amide bonds. The molecule has 0 saturated heterocycles. The normalized spacial score (nSPS) is 11.2. The number of carbonyl (C=O) groups is 1. The van der Waals surface area contributed by atoms with Crippen LogP contribution in [-0.4, -0.2) is 30.1 Å². The van der Waals surface area contributed by atoms with E-state index in [4.69, 9.17) is 9.47 Å². The van der Waals surface area contributed by atoms with Crippen molar-refractivity contribution in [2.24, 2.45) is 0 Å². The van der Waals surface area contributed by atoms with E-state index in [9.17, 15) is 4.79 Å². The first-order chi connectivity index (χ1) is 7.51. The van der Waals surface area contributed by atoms with Crippen molar-refractivity contribution in [1.29, 1.82) is 0 Å². The highest BCUT2D eigenvalue weighted by Crippen LogP contribution is 2.08. The summed E-state index contributed by atoms with van der Waals surface area (Å²) in [6.45, 7) is 6.93. The molecule has 88 valence electrons. The summed E-state index contributed by atoms with van der Waals surface area (Å²) in [5.41, 5.74) is 0.385. The molecule has 1 aromatic rings. The predicted molar refractivity (Wildman–Crippen MR) is 60.8 cm³/mol. The second-order valence-corrected chi connectivity index (χ2v) is 4.36. The largest absolute Gasteiger partial charge is 0.475 e. The molecule has 0 aliphatic carbocycles. The minimum Gasteiger partial charge on any atom is -0.475 e. The van der Waals surface area contributed by atoms with Crippen LogP contribution >= 0.6 is 0 Å². The second-order valence-electron chi connectivity index (χ2n) is 4.36. The van der Waals surface area contributed by atoms with Gasteiger partial charge in [0, 0.05) is 17.8 Å². The van der Waals surface area contributed by atoms with Gasteiger partial charge in [0.15, 0.2) is 6.29 Å². The molecule has 0 atom stereocenters. The maximum Gasteiger partial charge on any atom is 0.213 e. The molecule has 1 aromatic heterocycles. The Kier molecular flexibility index (Phi) is 4.43. The Labute approximate surface area is 95.6 Å². The van der Waals surface area contributed by atoms with Crippen molar-refractivity contribution in [3.05, 3.63) is 23.9 Å². The van der Waals surface area contributed by atoms with E-state index in [1.165, 1.54) is 6.20 Å². The summed E-state index contributed by atoms with van der Waals surface area (Å²) in [5, 5.41) is 0. The van der Waals surface area contributed by atoms with Crippen LogP contribution in [-0.2, 0) is 4.74 Å². The first kappa shape index (κ1) is 12.6. The predicted octanol–water partition coefficient (Wildman–Crippen LogP) is 2.09. The van der Waals surface area contributed by atoms with Crippen LogP contribution in [0, 0.1) is 0 Å². The number of rotatable bonds is 5. The number of aldehydes is 1. The Balaban J connectivity index is 2.29. The van der Waals surface area contributed by atoms with Gasteiger partial charge in [-0.05, 0) is 26.8 Å². The average Bonchev–Trinajstić information content (AvgIpc) is 2.24. The number of pyridine rings is 1. The fourth-order valence-corrected chi connectivity index (χ4v) is 1.04. The summed E-state index contributed by atoms with van der Waals surface area (Å²) in [6, 6.07) is 3.33. The summed E-state index contributed by atoms with van der Waals surface area (Å²) in [7, 11) is 0. The second kappa shape index (κ2) is 5.61. The molecule has 16 heavy (non-hydrogen) atoms. The fourth-order valence-electron chi connectivity index (χ4n) is 1.04. The molecule has 1 rings (SSSR count). The smallest absolute Gasteiger partial charge is 0.213 e. The molecule has 1 heterocycles. The summed E-state index contributed by atoms with van der Waals surface area (Å²) in [5.74, 6) is 0.503. The zero-order valence-corrected chi connectivity index (χ0v) is 9.90. The van der Waals surface area contributed by atoms with Crippen molar-refractivity contribution >= 4 is 6.29 Å². The van der Waals surface area contributed by atoms with Crippen LogP contribution in [0.15, 0.2) is 18.3 Å². The van der Waals surface area contributed by atoms with Gasteiger partial charge in [-0.2, -0.15) is 0 Å². The van der Waals surface area contributed by atoms with E-state index in [1.54, 1.807) is 12.1 Å². The van der Waals surface area contributed by atoms with Gasteiger partial charge in [-0.1, -0.05) is 0 Å². The first-order valence-electron chi connectivity index (χ1n) is 5.19. The molecular formula is C12H17NO3. The van der Waals surface area contributed by atoms with E-state index in [0.717, 1.165) is 6.29 Å². The molecule has 0 bridgehead atoms. The number of ether oxygens (including phenoxy) is 2. The van der Waals surface area contributed by atoms with E-state index in [2.05, 4.69) is 4.98 Å². The SMILES string of the molecule is CC(C)(C)OCCOc1ccc(C=O)cn1. The van der Waals surface area contributed by atoms with Crippen molar-refractivity contribution in [3.63, 3.8) is 0 Å². The third-order valence-electron chi connectivity index (χ3n) is 1.76. The fraction of sp³-hybridized carbons (Fsp3) is 0.500. The van der Waals surface area contributed by atoms with Gasteiger partial charge in [0.25, 0.3) is 0 Å². The monoisotopic (exact) mass is 223 g/mol. The van der Waals surface area contributed by atoms with Gasteiger partial charge in [-0.15, -0.1) is 0 Å². The Bertz CT molecular complexity index is 327. The molecule has 0 N–H and O–H groups in total. The van der Waals surface area contributed by atoms with Gasteiger partial charge in [0.1, 0.15) is 6.61 Å². The molecular weight excluding hydrogens is 206 g/mol. The van der Waals surface area contributed by atoms with Crippen LogP contribution in [0.5, 0.6) is 5.88 Å². The van der Waals surface area contributed by atoms with Gasteiger partial charge >= 0.3 is 0 Å². The summed E-state index contributed by atoms with van der Waals surface area (Å²) in [6.07, 6.45) is 2.23. The van der Waals surface area contributed by atoms with Gasteiger partial charge in [-0.25, -0.2) is 4.98 Å². The third-order valence-corrected chi connectivity index (χ3v) is 1.76. The number of nitrogens with zero attached hydrogens (tertiary/aromatic N) is 1. The Morgan fingerprint density at radius 3 is 2.56 bits per heavy atom. The van der Waals surface area contributed by atoms with E-state index < -0.39 is 0 Å². The van der Waals surface area contributed by atoms with Crippen LogP contribution in [0.1, 0.15) is 31.1 Å². The molecule has 4 heteroatoms. The summed E-state index contributed by atoms with van der Waals surface area (Å²) in [4.78, 5) is 14.4. The lowest BCUT2D eigenvalue weighted by Crippen LogP contribution is -2.22. The number of hydrogen-bond donors (Lipinski definition) is 0. The van der Waals surface area contributed by atoms with Gasteiger partial charge in [0.05, 0.1) is 12.2 Å². The maximum atomic E-state index is 10.4. The van der Waals surface area contributed by atoms with E-state index in [1.807, 2.05) is 20.8 Å². The van der Waals surface area contributed by atoms with Crippen LogP contribution in [0.2, 0.25) is 0 Å². The minimum atomic E-state index is -0.155. The Morgan fingerprint density at radius 1 is 1.31 bits per heavy atom. The molecule has 0 aliphatic heterocycles. The van der Waals surface area contributed by atoms with E-state index >= 15 is 0 Å². The molecule has 0 fully saturated rings. The highest BCUT2D eigenvalue weighted by molar-refractivity contribution is 5.73. The molecule has 0 aliphatic rings. The van der Waals surface area contributed by atoms with E-state index in [-0.39, 0.29) is 5.60 Å². The molecule has 0 aromatic carbocycles. The molecule has 0 saturated carbocycles. The zero-order valence-electron chi connectivity index (χ0n) is 9.90. The van der Waals surface area contributed by atoms with Gasteiger partial charge < -0.3 is 9.47 Å². The van der Waals surface area contributed by atoms with Crippen molar-refractivity contribution in [2.75, 3.05) is 13.2 Å². The average molecular weight is 223 g/mol. The quantitative estimate of drug-likeness (QED) is 0.566. The third kappa shape index (κ3) is 4.89.